The van der Waals surface area contributed by atoms with E-state index in [4.69, 9.17) is 0 Å². The molecule has 4 nitrogen and oxygen atoms in total. The van der Waals surface area contributed by atoms with Gasteiger partial charge in [0.1, 0.15) is 0 Å². The molecule has 0 aliphatic carbocycles. The Morgan fingerprint density at radius 1 is 0.323 bits per heavy atom. The molecule has 0 aromatic carbocycles. The second kappa shape index (κ2) is 19.3. The highest BCUT2D eigenvalue weighted by Crippen LogP contribution is 2.07. The van der Waals surface area contributed by atoms with Crippen molar-refractivity contribution >= 4 is 37.2 Å². The predicted molar refractivity (Wildman–Crippen MR) is 140 cm³/mol. The van der Waals surface area contributed by atoms with Gasteiger partial charge in [-0.25, -0.2) is 0 Å². The van der Waals surface area contributed by atoms with Crippen LogP contribution in [0.2, 0.25) is 0 Å². The van der Waals surface area contributed by atoms with E-state index in [0.717, 1.165) is 26.2 Å². The minimum atomic E-state index is 0. The largest absolute Gasteiger partial charge is 0.292 e. The Kier molecular flexibility index (Phi) is 19.2. The maximum absolute atomic E-state index is 3.29. The average Bonchev–Trinajstić information content (AvgIpc) is 3.51. The van der Waals surface area contributed by atoms with Gasteiger partial charge >= 0.3 is 0 Å². The molecule has 180 valence electrons. The third-order valence-electron chi connectivity index (χ3n) is 6.26. The van der Waals surface area contributed by atoms with Gasteiger partial charge in [0.25, 0.3) is 0 Å². The lowest BCUT2D eigenvalue weighted by molar-refractivity contribution is 0.377. The quantitative estimate of drug-likeness (QED) is 0.554. The van der Waals surface area contributed by atoms with Crippen LogP contribution in [0.15, 0.2) is 0 Å². The summed E-state index contributed by atoms with van der Waals surface area (Å²) < 4.78 is 0. The summed E-state index contributed by atoms with van der Waals surface area (Å²) in [5.74, 6) is 13.2. The van der Waals surface area contributed by atoms with Gasteiger partial charge in [0, 0.05) is 0 Å². The van der Waals surface area contributed by atoms with E-state index in [0.29, 0.717) is 0 Å². The maximum Gasteiger partial charge on any atom is 0.0602 e. The molecule has 0 unspecified atom stereocenters. The van der Waals surface area contributed by atoms with Crippen molar-refractivity contribution in [1.29, 1.82) is 0 Å². The van der Waals surface area contributed by atoms with Crippen LogP contribution >= 0.6 is 37.2 Å². The zero-order valence-electron chi connectivity index (χ0n) is 19.2. The van der Waals surface area contributed by atoms with Gasteiger partial charge < -0.3 is 0 Å². The Balaban J connectivity index is 0.000000529. The van der Waals surface area contributed by atoms with Crippen LogP contribution in [0.25, 0.3) is 0 Å². The van der Waals surface area contributed by atoms with Crippen molar-refractivity contribution in [2.75, 3.05) is 78.5 Å². The van der Waals surface area contributed by atoms with Crippen LogP contribution in [-0.2, 0) is 0 Å². The first-order chi connectivity index (χ1) is 13.9. The highest BCUT2D eigenvalue weighted by molar-refractivity contribution is 5.86. The molecule has 0 saturated carbocycles. The number of rotatable bonds is 4. The molecular weight excluding hydrogens is 451 g/mol. The summed E-state index contributed by atoms with van der Waals surface area (Å²) in [6.45, 7) is 14.1. The summed E-state index contributed by atoms with van der Waals surface area (Å²) in [6.07, 6.45) is 11.0. The third-order valence-corrected chi connectivity index (χ3v) is 6.26. The summed E-state index contributed by atoms with van der Waals surface area (Å²) in [5, 5.41) is 0. The van der Waals surface area contributed by atoms with Crippen LogP contribution in [0, 0.1) is 23.7 Å². The highest BCUT2D eigenvalue weighted by Gasteiger charge is 2.11. The Bertz CT molecular complexity index is 449. The molecule has 0 bridgehead atoms. The lowest BCUT2D eigenvalue weighted by Crippen LogP contribution is -2.21. The van der Waals surface area contributed by atoms with Crippen molar-refractivity contribution in [3.63, 3.8) is 0 Å². The minimum absolute atomic E-state index is 0. The number of nitrogens with zero attached hydrogens (tertiary/aromatic N) is 4. The normalized spacial score (nSPS) is 21.4. The van der Waals surface area contributed by atoms with Crippen molar-refractivity contribution < 1.29 is 0 Å². The molecule has 0 N–H and O–H groups in total. The smallest absolute Gasteiger partial charge is 0.0602 e. The number of hydrogen-bond donors (Lipinski definition) is 0. The van der Waals surface area contributed by atoms with Gasteiger partial charge in [-0.1, -0.05) is 23.7 Å². The van der Waals surface area contributed by atoms with E-state index < -0.39 is 0 Å². The molecule has 4 fully saturated rings. The van der Waals surface area contributed by atoms with E-state index in [1.807, 2.05) is 0 Å². The predicted octanol–water partition coefficient (Wildman–Crippen LogP) is 3.63. The molecule has 0 radical (unpaired) electrons. The van der Waals surface area contributed by atoms with E-state index in [1.54, 1.807) is 0 Å². The summed E-state index contributed by atoms with van der Waals surface area (Å²) in [4.78, 5) is 9.82. The van der Waals surface area contributed by atoms with E-state index in [1.165, 1.54) is 104 Å². The third kappa shape index (κ3) is 13.2. The first-order valence-electron chi connectivity index (χ1n) is 11.7. The molecule has 7 heteroatoms. The van der Waals surface area contributed by atoms with Gasteiger partial charge in [0.2, 0.25) is 0 Å². The topological polar surface area (TPSA) is 13.0 Å². The summed E-state index contributed by atoms with van der Waals surface area (Å²) in [6, 6.07) is 0. The zero-order chi connectivity index (χ0) is 19.3. The first-order valence-corrected chi connectivity index (χ1v) is 11.7. The Morgan fingerprint density at radius 3 is 0.645 bits per heavy atom. The molecule has 4 aliphatic rings. The molecule has 4 heterocycles. The van der Waals surface area contributed by atoms with Gasteiger partial charge in [-0.3, -0.25) is 19.6 Å². The van der Waals surface area contributed by atoms with E-state index in [2.05, 4.69) is 43.3 Å². The molecule has 4 saturated heterocycles. The number of likely N-dealkylation sites (tertiary alicyclic amines) is 4. The number of hydrogen-bond acceptors (Lipinski definition) is 4. The van der Waals surface area contributed by atoms with Gasteiger partial charge in [-0.15, -0.1) is 37.2 Å². The summed E-state index contributed by atoms with van der Waals surface area (Å²) >= 11 is 0. The fourth-order valence-electron chi connectivity index (χ4n) is 4.43. The fourth-order valence-corrected chi connectivity index (χ4v) is 4.43. The average molecular weight is 494 g/mol. The van der Waals surface area contributed by atoms with E-state index in [9.17, 15) is 0 Å². The molecule has 0 atom stereocenters. The van der Waals surface area contributed by atoms with Crippen molar-refractivity contribution in [2.24, 2.45) is 0 Å². The van der Waals surface area contributed by atoms with Crippen LogP contribution in [0.4, 0.5) is 0 Å². The van der Waals surface area contributed by atoms with Crippen LogP contribution < -0.4 is 0 Å². The second-order valence-corrected chi connectivity index (χ2v) is 8.64. The highest BCUT2D eigenvalue weighted by atomic mass is 35.5. The van der Waals surface area contributed by atoms with E-state index >= 15 is 0 Å². The molecular formula is C24H43Cl3N4. The Labute approximate surface area is 210 Å². The van der Waals surface area contributed by atoms with Gasteiger partial charge in [0.15, 0.2) is 0 Å². The first kappa shape index (κ1) is 30.8. The molecule has 0 spiro atoms. The maximum atomic E-state index is 3.29. The van der Waals surface area contributed by atoms with Gasteiger partial charge in [-0.2, -0.15) is 0 Å². The van der Waals surface area contributed by atoms with Crippen LogP contribution in [0.1, 0.15) is 51.4 Å². The molecule has 0 aromatic rings. The van der Waals surface area contributed by atoms with Crippen LogP contribution in [-0.4, -0.2) is 98.1 Å². The van der Waals surface area contributed by atoms with Crippen molar-refractivity contribution in [3.05, 3.63) is 0 Å². The van der Waals surface area contributed by atoms with Crippen molar-refractivity contribution in [2.45, 2.75) is 51.4 Å². The van der Waals surface area contributed by atoms with Crippen LogP contribution in [0.3, 0.4) is 0 Å². The van der Waals surface area contributed by atoms with Crippen molar-refractivity contribution in [1.82, 2.24) is 19.6 Å². The second-order valence-electron chi connectivity index (χ2n) is 8.64. The Morgan fingerprint density at radius 2 is 0.484 bits per heavy atom. The standard InChI is InChI=1S/2C12H20N2.3ClH/c2*1-2-8-13(7-1)11-5-6-12-14-9-3-4-10-14;;;/h2*1-4,7-12H2;3*1H. The lowest BCUT2D eigenvalue weighted by Gasteiger charge is -2.10. The zero-order valence-corrected chi connectivity index (χ0v) is 21.6. The van der Waals surface area contributed by atoms with Gasteiger partial charge in [0.05, 0.1) is 26.2 Å². The van der Waals surface area contributed by atoms with E-state index in [-0.39, 0.29) is 37.2 Å². The molecule has 31 heavy (non-hydrogen) atoms. The summed E-state index contributed by atoms with van der Waals surface area (Å²) in [7, 11) is 0. The fraction of sp³-hybridized carbons (Fsp3) is 0.833. The molecule has 4 aliphatic heterocycles. The molecule has 4 rings (SSSR count). The summed E-state index contributed by atoms with van der Waals surface area (Å²) in [5.41, 5.74) is 0. The molecule has 0 amide bonds. The number of halogens is 3. The molecule has 0 aromatic heterocycles. The SMILES string of the molecule is C(#CCN1CCCC1)CN1CCCC1.C(#CCN1CCCC1)CN1CCCC1.Cl.Cl.Cl. The monoisotopic (exact) mass is 492 g/mol. The van der Waals surface area contributed by atoms with Gasteiger partial charge in [-0.05, 0) is 104 Å². The van der Waals surface area contributed by atoms with Crippen molar-refractivity contribution in [3.8, 4) is 23.7 Å². The Hall–Kier alpha value is -0.170. The lowest BCUT2D eigenvalue weighted by atomic mass is 10.4. The van der Waals surface area contributed by atoms with Crippen LogP contribution in [0.5, 0.6) is 0 Å². The minimum Gasteiger partial charge on any atom is -0.292 e.